The highest BCUT2D eigenvalue weighted by molar-refractivity contribution is 5.98. The Bertz CT molecular complexity index is 1580. The Labute approximate surface area is 285 Å². The maximum Gasteiger partial charge on any atom is 0.232 e. The number of nitrogens with zero attached hydrogens (tertiary/aromatic N) is 4. The van der Waals surface area contributed by atoms with Crippen LogP contribution in [-0.2, 0) is 16.0 Å². The highest BCUT2D eigenvalue weighted by atomic mass is 16.5. The van der Waals surface area contributed by atoms with Gasteiger partial charge in [-0.25, -0.2) is 0 Å². The molecular formula is C39H50N4O5. The molecule has 1 atom stereocenters. The molecule has 1 saturated heterocycles. The van der Waals surface area contributed by atoms with Crippen LogP contribution >= 0.6 is 0 Å². The molecule has 3 aromatic carbocycles. The maximum atomic E-state index is 13.9. The minimum Gasteiger partial charge on any atom is -0.508 e. The molecular weight excluding hydrogens is 604 g/mol. The summed E-state index contributed by atoms with van der Waals surface area (Å²) in [5.41, 5.74) is 4.75. The lowest BCUT2D eigenvalue weighted by molar-refractivity contribution is -0.131. The van der Waals surface area contributed by atoms with Crippen molar-refractivity contribution in [3.8, 4) is 17.2 Å². The van der Waals surface area contributed by atoms with Crippen LogP contribution in [0.4, 0.5) is 11.4 Å². The molecule has 48 heavy (non-hydrogen) atoms. The topological polar surface area (TPSA) is 85.8 Å². The summed E-state index contributed by atoms with van der Waals surface area (Å²) in [5, 5.41) is 10.1. The van der Waals surface area contributed by atoms with Crippen LogP contribution in [0.2, 0.25) is 0 Å². The third-order valence-electron chi connectivity index (χ3n) is 10.4. The highest BCUT2D eigenvalue weighted by Gasteiger charge is 2.36. The van der Waals surface area contributed by atoms with Gasteiger partial charge in [0, 0.05) is 64.1 Å². The van der Waals surface area contributed by atoms with Gasteiger partial charge in [-0.1, -0.05) is 12.1 Å². The summed E-state index contributed by atoms with van der Waals surface area (Å²) < 4.78 is 11.8. The van der Waals surface area contributed by atoms with Gasteiger partial charge in [0.1, 0.15) is 5.75 Å². The Balaban J connectivity index is 1.17. The van der Waals surface area contributed by atoms with E-state index < -0.39 is 6.04 Å². The van der Waals surface area contributed by atoms with Crippen molar-refractivity contribution >= 4 is 23.2 Å². The van der Waals surface area contributed by atoms with Gasteiger partial charge in [0.15, 0.2) is 11.5 Å². The second kappa shape index (κ2) is 14.5. The number of ether oxygens (including phenoxy) is 2. The summed E-state index contributed by atoms with van der Waals surface area (Å²) in [5.74, 6) is 2.27. The zero-order valence-corrected chi connectivity index (χ0v) is 29.0. The normalized spacial score (nSPS) is 21.6. The van der Waals surface area contributed by atoms with E-state index >= 15 is 0 Å². The van der Waals surface area contributed by atoms with Crippen LogP contribution in [0.1, 0.15) is 69.2 Å². The molecule has 2 aliphatic heterocycles. The fraction of sp³-hybridized carbons (Fsp3) is 0.487. The van der Waals surface area contributed by atoms with Crippen molar-refractivity contribution in [2.75, 3.05) is 56.7 Å². The Morgan fingerprint density at radius 1 is 0.938 bits per heavy atom. The Morgan fingerprint density at radius 3 is 2.21 bits per heavy atom. The van der Waals surface area contributed by atoms with Crippen LogP contribution in [0.5, 0.6) is 17.2 Å². The number of carbonyl (C=O) groups excluding carboxylic acids is 2. The largest absolute Gasteiger partial charge is 0.508 e. The summed E-state index contributed by atoms with van der Waals surface area (Å²) in [4.78, 5) is 34.4. The molecule has 1 N–H and O–H groups in total. The number of aromatic hydroxyl groups is 1. The molecule has 256 valence electrons. The molecule has 0 spiro atoms. The lowest BCUT2D eigenvalue weighted by atomic mass is 9.84. The van der Waals surface area contributed by atoms with Crippen molar-refractivity contribution < 1.29 is 24.2 Å². The number of carbonyl (C=O) groups is 2. The van der Waals surface area contributed by atoms with E-state index in [2.05, 4.69) is 41.1 Å². The second-order valence-electron chi connectivity index (χ2n) is 13.9. The van der Waals surface area contributed by atoms with E-state index in [0.717, 1.165) is 60.8 Å². The number of fused-ring (bicyclic) bond motifs is 1. The number of amides is 2. The average molecular weight is 655 g/mol. The van der Waals surface area contributed by atoms with Crippen molar-refractivity contribution in [2.45, 2.75) is 71.1 Å². The van der Waals surface area contributed by atoms with Gasteiger partial charge in [-0.2, -0.15) is 0 Å². The lowest BCUT2D eigenvalue weighted by Gasteiger charge is -2.42. The summed E-state index contributed by atoms with van der Waals surface area (Å²) >= 11 is 0. The monoisotopic (exact) mass is 654 g/mol. The third-order valence-corrected chi connectivity index (χ3v) is 10.4. The van der Waals surface area contributed by atoms with Crippen LogP contribution in [0.25, 0.3) is 0 Å². The molecule has 2 amide bonds. The van der Waals surface area contributed by atoms with E-state index in [4.69, 9.17) is 9.47 Å². The Hall–Kier alpha value is -4.24. The minimum absolute atomic E-state index is 0.000674. The summed E-state index contributed by atoms with van der Waals surface area (Å²) in [6.45, 7) is 10.3. The quantitative estimate of drug-likeness (QED) is 0.302. The molecule has 6 rings (SSSR count). The molecule has 2 heterocycles. The van der Waals surface area contributed by atoms with Gasteiger partial charge in [-0.3, -0.25) is 14.5 Å². The molecule has 3 aromatic rings. The molecule has 1 unspecified atom stereocenters. The zero-order chi connectivity index (χ0) is 33.9. The van der Waals surface area contributed by atoms with Crippen molar-refractivity contribution in [2.24, 2.45) is 5.92 Å². The fourth-order valence-corrected chi connectivity index (χ4v) is 7.80. The van der Waals surface area contributed by atoms with Crippen molar-refractivity contribution in [1.82, 2.24) is 9.80 Å². The molecule has 9 heteroatoms. The predicted octanol–water partition coefficient (Wildman–Crippen LogP) is 6.03. The molecule has 3 aliphatic rings. The summed E-state index contributed by atoms with van der Waals surface area (Å²) in [6.07, 6.45) is 5.06. The number of rotatable bonds is 9. The van der Waals surface area contributed by atoms with Crippen LogP contribution in [0, 0.1) is 5.92 Å². The standard InChI is InChI=1S/C39H50N4O5/c1-26(2)48-37-24-35-30(22-36(37)47-5)23-38(46)43(39(35)29-8-16-34(45)17-9-29)33-14-12-31(13-15-33)40(4)25-28-6-10-32(11-7-28)42-20-18-41(19-21-42)27(3)44/h8-9,12-17,22,24,26,28,32,39,45H,6-7,10-11,18-21,23,25H2,1-5H3. The van der Waals surface area contributed by atoms with Crippen molar-refractivity contribution in [3.05, 3.63) is 77.4 Å². The molecule has 1 saturated carbocycles. The van der Waals surface area contributed by atoms with Gasteiger partial charge in [0.05, 0.1) is 25.7 Å². The first-order valence-electron chi connectivity index (χ1n) is 17.4. The number of hydrogen-bond acceptors (Lipinski definition) is 7. The number of phenolic OH excluding ortho intramolecular Hbond substituents is 1. The van der Waals surface area contributed by atoms with Gasteiger partial charge in [0.25, 0.3) is 0 Å². The fourth-order valence-electron chi connectivity index (χ4n) is 7.80. The molecule has 9 nitrogen and oxygen atoms in total. The molecule has 0 radical (unpaired) electrons. The van der Waals surface area contributed by atoms with Crippen LogP contribution in [0.3, 0.4) is 0 Å². The van der Waals surface area contributed by atoms with Gasteiger partial charge >= 0.3 is 0 Å². The van der Waals surface area contributed by atoms with E-state index in [9.17, 15) is 14.7 Å². The average Bonchev–Trinajstić information content (AvgIpc) is 3.08. The number of phenols is 1. The molecule has 1 aliphatic carbocycles. The maximum absolute atomic E-state index is 13.9. The first kappa shape index (κ1) is 33.7. The molecule has 0 bridgehead atoms. The third kappa shape index (κ3) is 7.26. The highest BCUT2D eigenvalue weighted by Crippen LogP contribution is 2.44. The van der Waals surface area contributed by atoms with Crippen molar-refractivity contribution in [3.63, 3.8) is 0 Å². The minimum atomic E-state index is -0.397. The van der Waals surface area contributed by atoms with Crippen LogP contribution in [-0.4, -0.2) is 85.7 Å². The first-order valence-corrected chi connectivity index (χ1v) is 17.4. The zero-order valence-electron chi connectivity index (χ0n) is 29.0. The van der Waals surface area contributed by atoms with Gasteiger partial charge in [0.2, 0.25) is 11.8 Å². The second-order valence-corrected chi connectivity index (χ2v) is 13.9. The SMILES string of the molecule is COc1cc2c(cc1OC(C)C)C(c1ccc(O)cc1)N(c1ccc(N(C)CC3CCC(N4CCN(C(C)=O)CC4)CC3)cc1)C(=O)C2. The number of anilines is 2. The Morgan fingerprint density at radius 2 is 1.60 bits per heavy atom. The first-order chi connectivity index (χ1) is 23.1. The Kier molecular flexibility index (Phi) is 10.2. The van der Waals surface area contributed by atoms with E-state index in [-0.39, 0.29) is 30.1 Å². The van der Waals surface area contributed by atoms with E-state index in [1.807, 2.05) is 47.9 Å². The van der Waals surface area contributed by atoms with Crippen molar-refractivity contribution in [1.29, 1.82) is 0 Å². The smallest absolute Gasteiger partial charge is 0.232 e. The van der Waals surface area contributed by atoms with Crippen LogP contribution in [0.15, 0.2) is 60.7 Å². The predicted molar refractivity (Wildman–Crippen MR) is 189 cm³/mol. The molecule has 2 fully saturated rings. The van der Waals surface area contributed by atoms with Crippen LogP contribution < -0.4 is 19.3 Å². The van der Waals surface area contributed by atoms with Gasteiger partial charge in [-0.15, -0.1) is 0 Å². The number of hydrogen-bond donors (Lipinski definition) is 1. The lowest BCUT2D eigenvalue weighted by Crippen LogP contribution is -2.52. The molecule has 0 aromatic heterocycles. The van der Waals surface area contributed by atoms with Gasteiger partial charge in [-0.05, 0) is 111 Å². The van der Waals surface area contributed by atoms with E-state index in [0.29, 0.717) is 23.5 Å². The summed E-state index contributed by atoms with van der Waals surface area (Å²) in [6, 6.07) is 19.6. The van der Waals surface area contributed by atoms with E-state index in [1.165, 1.54) is 25.7 Å². The van der Waals surface area contributed by atoms with Gasteiger partial charge < -0.3 is 29.3 Å². The number of methoxy groups -OCH3 is 1. The van der Waals surface area contributed by atoms with E-state index in [1.54, 1.807) is 26.2 Å². The summed E-state index contributed by atoms with van der Waals surface area (Å²) in [7, 11) is 3.78. The number of piperazine rings is 1. The number of benzene rings is 3.